The number of hydrogen-bond acceptors (Lipinski definition) is 4. The topological polar surface area (TPSA) is 55.2 Å². The fraction of sp³-hybridized carbons (Fsp3) is 0.250. The predicted molar refractivity (Wildman–Crippen MR) is 106 cm³/mol. The van der Waals surface area contributed by atoms with Gasteiger partial charge in [-0.3, -0.25) is 14.2 Å². The zero-order valence-corrected chi connectivity index (χ0v) is 15.9. The summed E-state index contributed by atoms with van der Waals surface area (Å²) in [5.74, 6) is -0.0105. The van der Waals surface area contributed by atoms with Crippen molar-refractivity contribution >= 4 is 28.6 Å². The molecule has 26 heavy (non-hydrogen) atoms. The van der Waals surface area contributed by atoms with Gasteiger partial charge >= 0.3 is 0 Å². The van der Waals surface area contributed by atoms with Gasteiger partial charge in [-0.05, 0) is 24.6 Å². The first-order valence-electron chi connectivity index (χ1n) is 8.38. The van der Waals surface area contributed by atoms with E-state index in [4.69, 9.17) is 0 Å². The fourth-order valence-corrected chi connectivity index (χ4v) is 3.77. The average Bonchev–Trinajstić information content (AvgIpc) is 2.65. The highest BCUT2D eigenvalue weighted by atomic mass is 32.2. The Hall–Kier alpha value is -2.60. The summed E-state index contributed by atoms with van der Waals surface area (Å²) in [6, 6.07) is 17.1. The molecule has 0 aliphatic carbocycles. The van der Waals surface area contributed by atoms with Gasteiger partial charge in [0.05, 0.1) is 22.7 Å². The maximum atomic E-state index is 13.1. The molecule has 1 aromatic heterocycles. The number of hydrogen-bond donors (Lipinski definition) is 0. The summed E-state index contributed by atoms with van der Waals surface area (Å²) in [6.07, 6.45) is 0. The molecule has 0 fully saturated rings. The molecule has 3 rings (SSSR count). The van der Waals surface area contributed by atoms with Crippen molar-refractivity contribution in [3.63, 3.8) is 0 Å². The molecular weight excluding hydrogens is 346 g/mol. The second-order valence-electron chi connectivity index (χ2n) is 6.28. The van der Waals surface area contributed by atoms with Crippen molar-refractivity contribution in [3.05, 3.63) is 70.5 Å². The van der Waals surface area contributed by atoms with Crippen LogP contribution in [0.1, 0.15) is 12.5 Å². The third-order valence-corrected chi connectivity index (χ3v) is 5.16. The molecule has 134 valence electrons. The zero-order chi connectivity index (χ0) is 18.7. The molecule has 1 atom stereocenters. The Morgan fingerprint density at radius 3 is 2.46 bits per heavy atom. The number of benzene rings is 2. The van der Waals surface area contributed by atoms with E-state index >= 15 is 0 Å². The monoisotopic (exact) mass is 367 g/mol. The van der Waals surface area contributed by atoms with Crippen LogP contribution < -0.4 is 5.56 Å². The Labute approximate surface area is 156 Å². The van der Waals surface area contributed by atoms with E-state index < -0.39 is 0 Å². The van der Waals surface area contributed by atoms with Gasteiger partial charge in [-0.25, -0.2) is 4.98 Å². The third kappa shape index (κ3) is 3.80. The molecule has 0 N–H and O–H groups in total. The quantitative estimate of drug-likeness (QED) is 0.514. The molecule has 0 unspecified atom stereocenters. The molecule has 2 aromatic carbocycles. The first-order chi connectivity index (χ1) is 12.5. The van der Waals surface area contributed by atoms with Crippen LogP contribution in [-0.2, 0) is 11.3 Å². The highest BCUT2D eigenvalue weighted by Gasteiger charge is 2.20. The van der Waals surface area contributed by atoms with Crippen LogP contribution >= 0.6 is 11.8 Å². The van der Waals surface area contributed by atoms with E-state index in [1.165, 1.54) is 11.8 Å². The van der Waals surface area contributed by atoms with E-state index in [0.717, 1.165) is 5.56 Å². The average molecular weight is 367 g/mol. The zero-order valence-electron chi connectivity index (χ0n) is 15.0. The second-order valence-corrected chi connectivity index (χ2v) is 7.59. The van der Waals surface area contributed by atoms with Crippen LogP contribution in [-0.4, -0.2) is 39.7 Å². The number of carbonyl (C=O) groups is 1. The van der Waals surface area contributed by atoms with E-state index in [1.807, 2.05) is 55.5 Å². The maximum Gasteiger partial charge on any atom is 0.262 e. The summed E-state index contributed by atoms with van der Waals surface area (Å²) in [5, 5.41) is 0.805. The predicted octanol–water partition coefficient (Wildman–Crippen LogP) is 3.01. The van der Waals surface area contributed by atoms with Gasteiger partial charge in [-0.15, -0.1) is 0 Å². The number of para-hydroxylation sites is 1. The third-order valence-electron chi connectivity index (χ3n) is 4.08. The lowest BCUT2D eigenvalue weighted by Gasteiger charge is -2.18. The SMILES string of the molecule is C[C@H](Sc1nc2ccccc2c(=O)n1Cc1ccccc1)C(=O)N(C)C. The number of aromatic nitrogens is 2. The van der Waals surface area contributed by atoms with E-state index in [1.54, 1.807) is 29.6 Å². The summed E-state index contributed by atoms with van der Waals surface area (Å²) in [7, 11) is 3.45. The van der Waals surface area contributed by atoms with Crippen molar-refractivity contribution < 1.29 is 4.79 Å². The fourth-order valence-electron chi connectivity index (χ4n) is 2.72. The molecule has 0 saturated heterocycles. The van der Waals surface area contributed by atoms with Gasteiger partial charge in [0, 0.05) is 14.1 Å². The molecule has 5 nitrogen and oxygen atoms in total. The Balaban J connectivity index is 2.08. The van der Waals surface area contributed by atoms with Crippen LogP contribution in [0.2, 0.25) is 0 Å². The van der Waals surface area contributed by atoms with Gasteiger partial charge < -0.3 is 4.90 Å². The van der Waals surface area contributed by atoms with Crippen LogP contribution in [0.25, 0.3) is 10.9 Å². The molecule has 0 aliphatic heterocycles. The molecule has 0 spiro atoms. The number of fused-ring (bicyclic) bond motifs is 1. The Morgan fingerprint density at radius 2 is 1.77 bits per heavy atom. The van der Waals surface area contributed by atoms with Crippen LogP contribution in [0.3, 0.4) is 0 Å². The first kappa shape index (κ1) is 18.2. The highest BCUT2D eigenvalue weighted by Crippen LogP contribution is 2.24. The van der Waals surface area contributed by atoms with Crippen molar-refractivity contribution in [2.24, 2.45) is 0 Å². The summed E-state index contributed by atoms with van der Waals surface area (Å²) < 4.78 is 1.65. The van der Waals surface area contributed by atoms with Gasteiger partial charge in [0.25, 0.3) is 5.56 Å². The number of amides is 1. The molecule has 0 bridgehead atoms. The minimum Gasteiger partial charge on any atom is -0.348 e. The largest absolute Gasteiger partial charge is 0.348 e. The molecule has 0 saturated carbocycles. The summed E-state index contributed by atoms with van der Waals surface area (Å²) in [6.45, 7) is 2.25. The van der Waals surface area contributed by atoms with Gasteiger partial charge in [0.1, 0.15) is 0 Å². The van der Waals surface area contributed by atoms with Crippen LogP contribution in [0, 0.1) is 0 Å². The van der Waals surface area contributed by atoms with Gasteiger partial charge in [-0.1, -0.05) is 54.2 Å². The lowest BCUT2D eigenvalue weighted by molar-refractivity contribution is -0.127. The molecule has 3 aromatic rings. The molecule has 0 aliphatic rings. The van der Waals surface area contributed by atoms with E-state index in [-0.39, 0.29) is 16.7 Å². The van der Waals surface area contributed by atoms with Crippen molar-refractivity contribution in [1.82, 2.24) is 14.5 Å². The minimum absolute atomic E-state index is 0.0105. The second kappa shape index (κ2) is 7.74. The highest BCUT2D eigenvalue weighted by molar-refractivity contribution is 8.00. The van der Waals surface area contributed by atoms with Gasteiger partial charge in [-0.2, -0.15) is 0 Å². The summed E-state index contributed by atoms with van der Waals surface area (Å²) in [5.41, 5.74) is 1.57. The van der Waals surface area contributed by atoms with Crippen molar-refractivity contribution in [2.45, 2.75) is 23.9 Å². The number of thioether (sulfide) groups is 1. The normalized spacial score (nSPS) is 12.1. The lowest BCUT2D eigenvalue weighted by Crippen LogP contribution is -2.31. The summed E-state index contributed by atoms with van der Waals surface area (Å²) >= 11 is 1.32. The van der Waals surface area contributed by atoms with Crippen LogP contribution in [0.4, 0.5) is 0 Å². The number of nitrogens with zero attached hydrogens (tertiary/aromatic N) is 3. The minimum atomic E-state index is -0.333. The van der Waals surface area contributed by atoms with Crippen molar-refractivity contribution in [2.75, 3.05) is 14.1 Å². The summed E-state index contributed by atoms with van der Waals surface area (Å²) in [4.78, 5) is 31.5. The van der Waals surface area contributed by atoms with Crippen LogP contribution in [0.5, 0.6) is 0 Å². The smallest absolute Gasteiger partial charge is 0.262 e. The van der Waals surface area contributed by atoms with Crippen molar-refractivity contribution in [1.29, 1.82) is 0 Å². The van der Waals surface area contributed by atoms with Crippen LogP contribution in [0.15, 0.2) is 64.5 Å². The molecular formula is C20H21N3O2S. The Kier molecular flexibility index (Phi) is 5.42. The molecule has 1 amide bonds. The standard InChI is InChI=1S/C20H21N3O2S/c1-14(18(24)22(2)3)26-20-21-17-12-8-7-11-16(17)19(25)23(20)13-15-9-5-4-6-10-15/h4-12,14H,13H2,1-3H3/t14-/m0/s1. The van der Waals surface area contributed by atoms with Crippen molar-refractivity contribution in [3.8, 4) is 0 Å². The van der Waals surface area contributed by atoms with E-state index in [0.29, 0.717) is 22.6 Å². The Bertz CT molecular complexity index is 983. The maximum absolute atomic E-state index is 13.1. The first-order valence-corrected chi connectivity index (χ1v) is 9.26. The molecule has 0 radical (unpaired) electrons. The Morgan fingerprint density at radius 1 is 1.12 bits per heavy atom. The molecule has 6 heteroatoms. The van der Waals surface area contributed by atoms with E-state index in [9.17, 15) is 9.59 Å². The van der Waals surface area contributed by atoms with Gasteiger partial charge in [0.15, 0.2) is 5.16 Å². The molecule has 1 heterocycles. The van der Waals surface area contributed by atoms with Gasteiger partial charge in [0.2, 0.25) is 5.91 Å². The number of rotatable bonds is 5. The lowest BCUT2D eigenvalue weighted by atomic mass is 10.2. The van der Waals surface area contributed by atoms with E-state index in [2.05, 4.69) is 4.98 Å². The number of carbonyl (C=O) groups excluding carboxylic acids is 1.